The number of alkyl halides is 2. The third kappa shape index (κ3) is 7.78. The van der Waals surface area contributed by atoms with Crippen LogP contribution in [-0.2, 0) is 20.8 Å². The minimum Gasteiger partial charge on any atom is -0.435 e. The largest absolute Gasteiger partial charge is 0.435 e. The molecule has 0 spiro atoms. The number of carbonyl (C=O) groups excluding carboxylic acids is 1. The quantitative estimate of drug-likeness (QED) is 0.321. The smallest absolute Gasteiger partial charge is 0.387 e. The lowest BCUT2D eigenvalue weighted by molar-refractivity contribution is -0.140. The maximum atomic E-state index is 12.3. The van der Waals surface area contributed by atoms with Crippen LogP contribution in [0.5, 0.6) is 5.75 Å². The van der Waals surface area contributed by atoms with Crippen molar-refractivity contribution < 1.29 is 27.8 Å². The number of hydrogen-bond donors (Lipinski definition) is 1. The van der Waals surface area contributed by atoms with Gasteiger partial charge in [-0.25, -0.2) is 0 Å². The predicted octanol–water partition coefficient (Wildman–Crippen LogP) is 2.77. The second-order valence-corrected chi connectivity index (χ2v) is 6.24. The van der Waals surface area contributed by atoms with Crippen molar-refractivity contribution in [3.8, 4) is 5.75 Å². The predicted molar refractivity (Wildman–Crippen MR) is 96.6 cm³/mol. The maximum absolute atomic E-state index is 12.3. The van der Waals surface area contributed by atoms with Gasteiger partial charge in [0.2, 0.25) is 5.91 Å². The SMILES string of the molecule is CCOC(CCCNC(=O)C1CN1Cc1cccc(OC(F)F)c1)OCC. The van der Waals surface area contributed by atoms with E-state index < -0.39 is 6.61 Å². The number of nitrogens with one attached hydrogen (secondary N) is 1. The van der Waals surface area contributed by atoms with Gasteiger partial charge in [0.1, 0.15) is 11.8 Å². The van der Waals surface area contributed by atoms with E-state index in [2.05, 4.69) is 10.1 Å². The molecule has 8 heteroatoms. The first-order valence-corrected chi connectivity index (χ1v) is 9.32. The summed E-state index contributed by atoms with van der Waals surface area (Å²) < 4.78 is 39.9. The van der Waals surface area contributed by atoms with Crippen LogP contribution in [0.4, 0.5) is 8.78 Å². The van der Waals surface area contributed by atoms with E-state index in [0.29, 0.717) is 32.8 Å². The Labute approximate surface area is 158 Å². The Hall–Kier alpha value is -1.77. The summed E-state index contributed by atoms with van der Waals surface area (Å²) in [6, 6.07) is 6.38. The number of hydrogen-bond acceptors (Lipinski definition) is 5. The zero-order valence-corrected chi connectivity index (χ0v) is 15.8. The molecule has 2 rings (SSSR count). The molecule has 2 unspecified atom stereocenters. The molecule has 0 aliphatic carbocycles. The molecule has 152 valence electrons. The van der Waals surface area contributed by atoms with E-state index in [0.717, 1.165) is 18.4 Å². The highest BCUT2D eigenvalue weighted by Crippen LogP contribution is 2.24. The highest BCUT2D eigenvalue weighted by atomic mass is 19.3. The Morgan fingerprint density at radius 3 is 2.70 bits per heavy atom. The lowest BCUT2D eigenvalue weighted by atomic mass is 10.2. The number of ether oxygens (including phenoxy) is 3. The van der Waals surface area contributed by atoms with Gasteiger partial charge in [0.15, 0.2) is 6.29 Å². The summed E-state index contributed by atoms with van der Waals surface area (Å²) in [5.74, 6) is 0.114. The number of benzene rings is 1. The average Bonchev–Trinajstić information content (AvgIpc) is 3.38. The maximum Gasteiger partial charge on any atom is 0.387 e. The van der Waals surface area contributed by atoms with Crippen molar-refractivity contribution in [1.29, 1.82) is 0 Å². The summed E-state index contributed by atoms with van der Waals surface area (Å²) in [6.45, 7) is 3.94. The van der Waals surface area contributed by atoms with Crippen molar-refractivity contribution in [3.05, 3.63) is 29.8 Å². The molecule has 27 heavy (non-hydrogen) atoms. The molecule has 1 aliphatic heterocycles. The molecule has 6 nitrogen and oxygen atoms in total. The van der Waals surface area contributed by atoms with E-state index in [4.69, 9.17) is 9.47 Å². The van der Waals surface area contributed by atoms with E-state index in [-0.39, 0.29) is 24.0 Å². The average molecular weight is 386 g/mol. The fourth-order valence-electron chi connectivity index (χ4n) is 2.84. The monoisotopic (exact) mass is 386 g/mol. The lowest BCUT2D eigenvalue weighted by Gasteiger charge is -2.16. The molecule has 1 amide bonds. The third-order valence-corrected chi connectivity index (χ3v) is 4.15. The highest BCUT2D eigenvalue weighted by molar-refractivity contribution is 5.84. The minimum absolute atomic E-state index is 0.0145. The fourth-order valence-corrected chi connectivity index (χ4v) is 2.84. The molecule has 2 atom stereocenters. The van der Waals surface area contributed by atoms with Gasteiger partial charge < -0.3 is 19.5 Å². The second-order valence-electron chi connectivity index (χ2n) is 6.24. The molecule has 0 aromatic heterocycles. The van der Waals surface area contributed by atoms with E-state index in [9.17, 15) is 13.6 Å². The normalized spacial score (nSPS) is 18.7. The second kappa shape index (κ2) is 11.2. The number of nitrogens with zero attached hydrogens (tertiary/aromatic N) is 1. The molecule has 1 saturated heterocycles. The molecule has 1 aromatic carbocycles. The van der Waals surface area contributed by atoms with Crippen molar-refractivity contribution in [2.45, 2.75) is 52.2 Å². The Balaban J connectivity index is 1.67. The van der Waals surface area contributed by atoms with Crippen molar-refractivity contribution in [3.63, 3.8) is 0 Å². The summed E-state index contributed by atoms with van der Waals surface area (Å²) in [7, 11) is 0. The number of rotatable bonds is 13. The molecular weight excluding hydrogens is 358 g/mol. The van der Waals surface area contributed by atoms with Crippen LogP contribution in [0, 0.1) is 0 Å². The van der Waals surface area contributed by atoms with Gasteiger partial charge in [-0.15, -0.1) is 0 Å². The van der Waals surface area contributed by atoms with Gasteiger partial charge in [0.05, 0.1) is 0 Å². The Kier molecular flexibility index (Phi) is 8.90. The van der Waals surface area contributed by atoms with Gasteiger partial charge in [-0.1, -0.05) is 12.1 Å². The van der Waals surface area contributed by atoms with Gasteiger partial charge in [0.25, 0.3) is 0 Å². The molecule has 1 N–H and O–H groups in total. The first-order valence-electron chi connectivity index (χ1n) is 9.32. The van der Waals surface area contributed by atoms with Gasteiger partial charge in [0, 0.05) is 39.3 Å². The van der Waals surface area contributed by atoms with Crippen LogP contribution in [0.15, 0.2) is 24.3 Å². The number of halogens is 2. The Morgan fingerprint density at radius 2 is 2.04 bits per heavy atom. The van der Waals surface area contributed by atoms with Crippen molar-refractivity contribution in [2.75, 3.05) is 26.3 Å². The third-order valence-electron chi connectivity index (χ3n) is 4.15. The molecule has 0 bridgehead atoms. The molecule has 1 aromatic rings. The van der Waals surface area contributed by atoms with Crippen LogP contribution in [0.2, 0.25) is 0 Å². The van der Waals surface area contributed by atoms with Crippen molar-refractivity contribution in [1.82, 2.24) is 10.2 Å². The van der Waals surface area contributed by atoms with E-state index >= 15 is 0 Å². The van der Waals surface area contributed by atoms with E-state index in [1.54, 1.807) is 12.1 Å². The Bertz CT molecular complexity index is 583. The van der Waals surface area contributed by atoms with Crippen LogP contribution in [0.1, 0.15) is 32.3 Å². The topological polar surface area (TPSA) is 59.8 Å². The molecule has 1 heterocycles. The standard InChI is InChI=1S/C19H28F2N2O4/c1-3-25-17(26-4-2)9-6-10-22-18(24)16-13-23(16)12-14-7-5-8-15(11-14)27-19(20)21/h5,7-8,11,16-17,19H,3-4,6,9-10,12-13H2,1-2H3,(H,22,24). The summed E-state index contributed by atoms with van der Waals surface area (Å²) in [5.41, 5.74) is 0.833. The minimum atomic E-state index is -2.84. The Morgan fingerprint density at radius 1 is 1.30 bits per heavy atom. The summed E-state index contributed by atoms with van der Waals surface area (Å²) >= 11 is 0. The van der Waals surface area contributed by atoms with Gasteiger partial charge >= 0.3 is 6.61 Å². The first kappa shape index (κ1) is 21.5. The van der Waals surface area contributed by atoms with Crippen molar-refractivity contribution >= 4 is 5.91 Å². The molecular formula is C19H28F2N2O4. The fraction of sp³-hybridized carbons (Fsp3) is 0.632. The van der Waals surface area contributed by atoms with Crippen LogP contribution in [-0.4, -0.2) is 56.1 Å². The highest BCUT2D eigenvalue weighted by Gasteiger charge is 2.39. The summed E-state index contributed by atoms with van der Waals surface area (Å²) in [5, 5.41) is 2.92. The molecule has 0 radical (unpaired) electrons. The lowest BCUT2D eigenvalue weighted by Crippen LogP contribution is -2.31. The summed E-state index contributed by atoms with van der Waals surface area (Å²) in [4.78, 5) is 14.1. The first-order chi connectivity index (χ1) is 13.0. The van der Waals surface area contributed by atoms with Gasteiger partial charge in [-0.2, -0.15) is 8.78 Å². The summed E-state index contributed by atoms with van der Waals surface area (Å²) in [6.07, 6.45) is 1.28. The van der Waals surface area contributed by atoms with E-state index in [1.165, 1.54) is 6.07 Å². The molecule has 1 aliphatic rings. The van der Waals surface area contributed by atoms with Crippen molar-refractivity contribution in [2.24, 2.45) is 0 Å². The molecule has 1 fully saturated rings. The van der Waals surface area contributed by atoms with Crippen LogP contribution in [0.3, 0.4) is 0 Å². The van der Waals surface area contributed by atoms with E-state index in [1.807, 2.05) is 24.8 Å². The number of amides is 1. The van der Waals surface area contributed by atoms with Crippen LogP contribution in [0.25, 0.3) is 0 Å². The van der Waals surface area contributed by atoms with Gasteiger partial charge in [-0.3, -0.25) is 9.69 Å². The van der Waals surface area contributed by atoms with Gasteiger partial charge in [-0.05, 0) is 38.0 Å². The van der Waals surface area contributed by atoms with Crippen LogP contribution >= 0.6 is 0 Å². The molecule has 0 saturated carbocycles. The zero-order chi connectivity index (χ0) is 19.6. The zero-order valence-electron chi connectivity index (χ0n) is 15.8. The number of carbonyl (C=O) groups is 1. The van der Waals surface area contributed by atoms with Crippen LogP contribution < -0.4 is 10.1 Å².